The van der Waals surface area contributed by atoms with Gasteiger partial charge >= 0.3 is 0 Å². The number of piperidine rings is 1. The van der Waals surface area contributed by atoms with Gasteiger partial charge < -0.3 is 4.90 Å². The number of carbonyl (C=O) groups excluding carboxylic acids is 3. The molecule has 0 spiro atoms. The van der Waals surface area contributed by atoms with Crippen LogP contribution in [0.2, 0.25) is 0 Å². The second-order valence-corrected chi connectivity index (χ2v) is 5.72. The van der Waals surface area contributed by atoms with Gasteiger partial charge in [0.2, 0.25) is 5.91 Å². The first-order valence-corrected chi connectivity index (χ1v) is 7.96. The fourth-order valence-corrected chi connectivity index (χ4v) is 3.14. The molecule has 1 aliphatic rings. The average Bonchev–Trinajstić information content (AvgIpc) is 2.56. The van der Waals surface area contributed by atoms with Crippen LogP contribution in [-0.2, 0) is 19.8 Å². The summed E-state index contributed by atoms with van der Waals surface area (Å²) in [5, 5.41) is 0. The molecular formula is C18H23NO3. The molecule has 1 saturated heterocycles. The Morgan fingerprint density at radius 1 is 1.18 bits per heavy atom. The molecule has 0 aromatic heterocycles. The molecule has 0 saturated carbocycles. The Kier molecular flexibility index (Phi) is 5.11. The van der Waals surface area contributed by atoms with Gasteiger partial charge in [-0.1, -0.05) is 37.3 Å². The van der Waals surface area contributed by atoms with E-state index in [4.69, 9.17) is 0 Å². The average molecular weight is 301 g/mol. The molecule has 1 fully saturated rings. The third kappa shape index (κ3) is 2.82. The lowest BCUT2D eigenvalue weighted by atomic mass is 9.69. The molecule has 0 aliphatic carbocycles. The molecule has 0 radical (unpaired) electrons. The van der Waals surface area contributed by atoms with Crippen LogP contribution in [0.1, 0.15) is 45.1 Å². The maximum Gasteiger partial charge on any atom is 0.240 e. The van der Waals surface area contributed by atoms with Crippen molar-refractivity contribution in [1.82, 2.24) is 4.90 Å². The van der Waals surface area contributed by atoms with Gasteiger partial charge in [0.1, 0.15) is 11.2 Å². The Labute approximate surface area is 131 Å². The Balaban J connectivity index is 2.46. The Morgan fingerprint density at radius 3 is 2.45 bits per heavy atom. The number of rotatable bonds is 6. The summed E-state index contributed by atoms with van der Waals surface area (Å²) in [5.74, 6) is -0.122. The van der Waals surface area contributed by atoms with Crippen molar-refractivity contribution in [2.75, 3.05) is 13.1 Å². The monoisotopic (exact) mass is 301 g/mol. The van der Waals surface area contributed by atoms with Gasteiger partial charge in [0.15, 0.2) is 5.78 Å². The smallest absolute Gasteiger partial charge is 0.240 e. The lowest BCUT2D eigenvalue weighted by molar-refractivity contribution is -0.149. The van der Waals surface area contributed by atoms with Crippen LogP contribution >= 0.6 is 0 Å². The number of nitrogens with zero attached hydrogens (tertiary/aromatic N) is 1. The maximum absolute atomic E-state index is 13.0. The summed E-state index contributed by atoms with van der Waals surface area (Å²) < 4.78 is 0. The standard InChI is InChI=1S/C18H23NO3/c1-3-15(20)10-12-18(14-8-6-5-7-9-14)16(21)11-13-19(4-2)17(18)22/h5-9H,3-4,10-13H2,1-2H3. The normalized spacial score (nSPS) is 22.0. The molecule has 1 unspecified atom stereocenters. The molecule has 0 bridgehead atoms. The summed E-state index contributed by atoms with van der Waals surface area (Å²) >= 11 is 0. The van der Waals surface area contributed by atoms with E-state index in [0.29, 0.717) is 31.5 Å². The highest BCUT2D eigenvalue weighted by molar-refractivity contribution is 6.13. The van der Waals surface area contributed by atoms with Crippen LogP contribution in [0.15, 0.2) is 30.3 Å². The second kappa shape index (κ2) is 6.86. The van der Waals surface area contributed by atoms with Gasteiger partial charge in [-0.05, 0) is 18.9 Å². The Bertz CT molecular complexity index is 567. The second-order valence-electron chi connectivity index (χ2n) is 5.72. The van der Waals surface area contributed by atoms with Crippen LogP contribution in [0.25, 0.3) is 0 Å². The zero-order valence-corrected chi connectivity index (χ0v) is 13.3. The van der Waals surface area contributed by atoms with E-state index in [9.17, 15) is 14.4 Å². The van der Waals surface area contributed by atoms with Crippen LogP contribution in [-0.4, -0.2) is 35.5 Å². The van der Waals surface area contributed by atoms with Crippen molar-refractivity contribution in [2.24, 2.45) is 0 Å². The zero-order valence-electron chi connectivity index (χ0n) is 13.3. The minimum Gasteiger partial charge on any atom is -0.341 e. The number of ketones is 2. The van der Waals surface area contributed by atoms with Crippen molar-refractivity contribution in [2.45, 2.75) is 44.9 Å². The summed E-state index contributed by atoms with van der Waals surface area (Å²) in [6.45, 7) is 4.79. The minimum absolute atomic E-state index is 0.0581. The van der Waals surface area contributed by atoms with E-state index >= 15 is 0 Å². The fraction of sp³-hybridized carbons (Fsp3) is 0.500. The molecule has 1 amide bonds. The highest BCUT2D eigenvalue weighted by Crippen LogP contribution is 2.37. The minimum atomic E-state index is -1.18. The van der Waals surface area contributed by atoms with Crippen molar-refractivity contribution in [3.8, 4) is 0 Å². The van der Waals surface area contributed by atoms with E-state index in [1.54, 1.807) is 11.8 Å². The molecule has 22 heavy (non-hydrogen) atoms. The maximum atomic E-state index is 13.0. The first kappa shape index (κ1) is 16.4. The first-order chi connectivity index (χ1) is 10.6. The van der Waals surface area contributed by atoms with E-state index < -0.39 is 5.41 Å². The molecule has 118 valence electrons. The van der Waals surface area contributed by atoms with Crippen molar-refractivity contribution in [1.29, 1.82) is 0 Å². The quantitative estimate of drug-likeness (QED) is 0.759. The third-order valence-electron chi connectivity index (χ3n) is 4.56. The number of likely N-dealkylation sites (N-methyl/N-ethyl adjacent to an activating group) is 1. The summed E-state index contributed by atoms with van der Waals surface area (Å²) in [4.78, 5) is 39.2. The highest BCUT2D eigenvalue weighted by atomic mass is 16.2. The largest absolute Gasteiger partial charge is 0.341 e. The van der Waals surface area contributed by atoms with Crippen LogP contribution in [0.3, 0.4) is 0 Å². The van der Waals surface area contributed by atoms with Crippen LogP contribution in [0.4, 0.5) is 0 Å². The van der Waals surface area contributed by atoms with E-state index in [-0.39, 0.29) is 30.3 Å². The molecule has 2 rings (SSSR count). The molecular weight excluding hydrogens is 278 g/mol. The third-order valence-corrected chi connectivity index (χ3v) is 4.56. The molecule has 1 aromatic carbocycles. The van der Waals surface area contributed by atoms with Gasteiger partial charge in [-0.25, -0.2) is 0 Å². The Hall–Kier alpha value is -1.97. The predicted molar refractivity (Wildman–Crippen MR) is 84.5 cm³/mol. The van der Waals surface area contributed by atoms with E-state index in [1.165, 1.54) is 0 Å². The van der Waals surface area contributed by atoms with E-state index in [2.05, 4.69) is 0 Å². The predicted octanol–water partition coefficient (Wildman–Crippen LogP) is 2.51. The van der Waals surface area contributed by atoms with Crippen molar-refractivity contribution >= 4 is 17.5 Å². The first-order valence-electron chi connectivity index (χ1n) is 7.96. The van der Waals surface area contributed by atoms with Crippen molar-refractivity contribution in [3.63, 3.8) is 0 Å². The highest BCUT2D eigenvalue weighted by Gasteiger charge is 2.50. The van der Waals surface area contributed by atoms with Crippen LogP contribution in [0, 0.1) is 0 Å². The zero-order chi connectivity index (χ0) is 16.2. The molecule has 1 aliphatic heterocycles. The topological polar surface area (TPSA) is 54.5 Å². The lowest BCUT2D eigenvalue weighted by Gasteiger charge is -2.40. The molecule has 1 heterocycles. The number of carbonyl (C=O) groups is 3. The number of hydrogen-bond acceptors (Lipinski definition) is 3. The van der Waals surface area contributed by atoms with Gasteiger partial charge in [-0.2, -0.15) is 0 Å². The molecule has 1 atom stereocenters. The van der Waals surface area contributed by atoms with Crippen molar-refractivity contribution < 1.29 is 14.4 Å². The summed E-state index contributed by atoms with van der Waals surface area (Å²) in [5.41, 5.74) is -0.465. The van der Waals surface area contributed by atoms with Crippen LogP contribution < -0.4 is 0 Å². The summed E-state index contributed by atoms with van der Waals surface area (Å²) in [6, 6.07) is 9.19. The van der Waals surface area contributed by atoms with Crippen LogP contribution in [0.5, 0.6) is 0 Å². The van der Waals surface area contributed by atoms with E-state index in [0.717, 1.165) is 0 Å². The lowest BCUT2D eigenvalue weighted by Crippen LogP contribution is -2.57. The molecule has 4 heteroatoms. The number of hydrogen-bond donors (Lipinski definition) is 0. The number of likely N-dealkylation sites (tertiary alicyclic amines) is 1. The summed E-state index contributed by atoms with van der Waals surface area (Å²) in [7, 11) is 0. The number of benzene rings is 1. The van der Waals surface area contributed by atoms with Crippen molar-refractivity contribution in [3.05, 3.63) is 35.9 Å². The van der Waals surface area contributed by atoms with E-state index in [1.807, 2.05) is 37.3 Å². The van der Waals surface area contributed by atoms with Gasteiger partial charge in [0, 0.05) is 32.4 Å². The SMILES string of the molecule is CCC(=O)CCC1(c2ccccc2)C(=O)CCN(CC)C1=O. The fourth-order valence-electron chi connectivity index (χ4n) is 3.14. The van der Waals surface area contributed by atoms with Gasteiger partial charge in [-0.15, -0.1) is 0 Å². The van der Waals surface area contributed by atoms with Gasteiger partial charge in [0.05, 0.1) is 0 Å². The molecule has 0 N–H and O–H groups in total. The van der Waals surface area contributed by atoms with Gasteiger partial charge in [0.25, 0.3) is 0 Å². The Morgan fingerprint density at radius 2 is 1.86 bits per heavy atom. The number of amides is 1. The summed E-state index contributed by atoms with van der Waals surface area (Å²) in [6.07, 6.45) is 1.33. The molecule has 1 aromatic rings. The van der Waals surface area contributed by atoms with Gasteiger partial charge in [-0.3, -0.25) is 14.4 Å². The number of Topliss-reactive ketones (excluding diaryl/α,β-unsaturated/α-hetero) is 2. The molecule has 4 nitrogen and oxygen atoms in total.